The van der Waals surface area contributed by atoms with Gasteiger partial charge in [-0.3, -0.25) is 0 Å². The molecule has 2 aromatic heterocycles. The van der Waals surface area contributed by atoms with Crippen LogP contribution in [0.15, 0.2) is 53.7 Å². The van der Waals surface area contributed by atoms with Crippen LogP contribution in [0.2, 0.25) is 0 Å². The van der Waals surface area contributed by atoms with Crippen molar-refractivity contribution in [2.45, 2.75) is 4.90 Å². The van der Waals surface area contributed by atoms with Gasteiger partial charge in [-0.1, -0.05) is 17.9 Å². The predicted octanol–water partition coefficient (Wildman–Crippen LogP) is 1.61. The molecule has 1 aromatic carbocycles. The number of sulfonamides is 1. The number of H-pyrrole nitrogens is 1. The second-order valence-corrected chi connectivity index (χ2v) is 5.98. The lowest BCUT2D eigenvalue weighted by molar-refractivity contribution is 0.598. The molecule has 5 nitrogen and oxygen atoms in total. The minimum absolute atomic E-state index is 0.0517. The molecule has 0 unspecified atom stereocenters. The highest BCUT2D eigenvalue weighted by atomic mass is 32.2. The number of nitrogens with two attached hydrogens (primary N) is 1. The summed E-state index contributed by atoms with van der Waals surface area (Å²) >= 11 is 0. The van der Waals surface area contributed by atoms with Gasteiger partial charge < -0.3 is 4.98 Å². The molecule has 0 saturated heterocycles. The van der Waals surface area contributed by atoms with Crippen LogP contribution in [0.1, 0.15) is 11.1 Å². The normalized spacial score (nSPS) is 11.1. The summed E-state index contributed by atoms with van der Waals surface area (Å²) in [6.07, 6.45) is 3.47. The second kappa shape index (κ2) is 5.05. The number of aromatic nitrogens is 2. The predicted molar refractivity (Wildman–Crippen MR) is 79.9 cm³/mol. The van der Waals surface area contributed by atoms with Crippen LogP contribution < -0.4 is 5.14 Å². The van der Waals surface area contributed by atoms with Crippen LogP contribution >= 0.6 is 0 Å². The first-order chi connectivity index (χ1) is 10.0. The largest absolute Gasteiger partial charge is 0.346 e. The summed E-state index contributed by atoms with van der Waals surface area (Å²) < 4.78 is 22.6. The summed E-state index contributed by atoms with van der Waals surface area (Å²) in [4.78, 5) is 7.25. The molecule has 0 bridgehead atoms. The Morgan fingerprint density at radius 2 is 2.00 bits per heavy atom. The van der Waals surface area contributed by atoms with Gasteiger partial charge in [0.15, 0.2) is 0 Å². The van der Waals surface area contributed by atoms with E-state index in [1.54, 1.807) is 24.5 Å². The molecule has 0 aliphatic heterocycles. The average molecular weight is 297 g/mol. The van der Waals surface area contributed by atoms with Gasteiger partial charge in [0.1, 0.15) is 5.65 Å². The Labute approximate surface area is 121 Å². The summed E-state index contributed by atoms with van der Waals surface area (Å²) in [7, 11) is -3.72. The molecule has 6 heteroatoms. The molecule has 0 saturated carbocycles. The Bertz CT molecular complexity index is 979. The highest BCUT2D eigenvalue weighted by Crippen LogP contribution is 2.14. The van der Waals surface area contributed by atoms with E-state index in [0.717, 1.165) is 16.6 Å². The number of aromatic amines is 1. The van der Waals surface area contributed by atoms with Crippen LogP contribution in [0.5, 0.6) is 0 Å². The van der Waals surface area contributed by atoms with Gasteiger partial charge in [-0.05, 0) is 30.3 Å². The topological polar surface area (TPSA) is 88.8 Å². The number of rotatable bonds is 1. The fraction of sp³-hybridized carbons (Fsp3) is 0. The molecule has 21 heavy (non-hydrogen) atoms. The van der Waals surface area contributed by atoms with Gasteiger partial charge in [-0.2, -0.15) is 0 Å². The lowest BCUT2D eigenvalue weighted by Gasteiger charge is -1.98. The molecule has 0 spiro atoms. The number of primary sulfonamides is 1. The van der Waals surface area contributed by atoms with Crippen molar-refractivity contribution in [3.63, 3.8) is 0 Å². The molecule has 3 N–H and O–H groups in total. The van der Waals surface area contributed by atoms with Crippen LogP contribution in [0, 0.1) is 11.8 Å². The minimum Gasteiger partial charge on any atom is -0.346 e. The van der Waals surface area contributed by atoms with Crippen molar-refractivity contribution in [2.75, 3.05) is 0 Å². The second-order valence-electron chi connectivity index (χ2n) is 4.42. The van der Waals surface area contributed by atoms with Crippen molar-refractivity contribution in [3.05, 3.63) is 59.9 Å². The molecular weight excluding hydrogens is 286 g/mol. The third-order valence-corrected chi connectivity index (χ3v) is 3.88. The molecular formula is C15H11N3O2S. The molecule has 2 heterocycles. The smallest absolute Gasteiger partial charge is 0.238 e. The molecule has 0 fully saturated rings. The first-order valence-corrected chi connectivity index (χ1v) is 7.66. The molecule has 0 atom stereocenters. The zero-order valence-electron chi connectivity index (χ0n) is 10.9. The van der Waals surface area contributed by atoms with E-state index < -0.39 is 10.0 Å². The number of nitrogens with zero attached hydrogens (tertiary/aromatic N) is 1. The summed E-state index contributed by atoms with van der Waals surface area (Å²) in [5, 5.41) is 6.03. The zero-order chi connectivity index (χ0) is 14.9. The van der Waals surface area contributed by atoms with Gasteiger partial charge >= 0.3 is 0 Å². The lowest BCUT2D eigenvalue weighted by atomic mass is 10.1. The molecule has 3 aromatic rings. The van der Waals surface area contributed by atoms with Gasteiger partial charge in [-0.25, -0.2) is 18.5 Å². The molecule has 0 aliphatic rings. The van der Waals surface area contributed by atoms with E-state index in [2.05, 4.69) is 21.8 Å². The summed E-state index contributed by atoms with van der Waals surface area (Å²) in [6, 6.07) is 9.95. The van der Waals surface area contributed by atoms with Crippen molar-refractivity contribution in [1.29, 1.82) is 0 Å². The average Bonchev–Trinajstić information content (AvgIpc) is 2.93. The highest BCUT2D eigenvalue weighted by Gasteiger charge is 2.06. The van der Waals surface area contributed by atoms with Crippen LogP contribution in [0.25, 0.3) is 11.0 Å². The SMILES string of the molecule is NS(=O)(=O)c1cccc(C#Cc2ccnc3[nH]ccc23)c1. The van der Waals surface area contributed by atoms with Crippen molar-refractivity contribution >= 4 is 21.1 Å². The van der Waals surface area contributed by atoms with Gasteiger partial charge in [0, 0.05) is 28.9 Å². The van der Waals surface area contributed by atoms with Crippen molar-refractivity contribution < 1.29 is 8.42 Å². The number of benzene rings is 1. The van der Waals surface area contributed by atoms with Crippen LogP contribution in [0.3, 0.4) is 0 Å². The first-order valence-electron chi connectivity index (χ1n) is 6.11. The molecule has 3 rings (SSSR count). The van der Waals surface area contributed by atoms with Crippen molar-refractivity contribution in [1.82, 2.24) is 9.97 Å². The Balaban J connectivity index is 2.04. The maximum absolute atomic E-state index is 11.3. The van der Waals surface area contributed by atoms with E-state index in [4.69, 9.17) is 5.14 Å². The van der Waals surface area contributed by atoms with E-state index in [0.29, 0.717) is 5.56 Å². The first kappa shape index (κ1) is 13.4. The maximum atomic E-state index is 11.3. The number of hydrogen-bond donors (Lipinski definition) is 2. The van der Waals surface area contributed by atoms with Crippen molar-refractivity contribution in [2.24, 2.45) is 5.14 Å². The molecule has 0 amide bonds. The van der Waals surface area contributed by atoms with E-state index in [1.807, 2.05) is 12.1 Å². The molecule has 0 aliphatic carbocycles. The van der Waals surface area contributed by atoms with Crippen molar-refractivity contribution in [3.8, 4) is 11.8 Å². The van der Waals surface area contributed by atoms with E-state index in [9.17, 15) is 8.42 Å². The Morgan fingerprint density at radius 1 is 1.14 bits per heavy atom. The van der Waals surface area contributed by atoms with Crippen LogP contribution in [0.4, 0.5) is 0 Å². The fourth-order valence-electron chi connectivity index (χ4n) is 1.96. The van der Waals surface area contributed by atoms with Crippen LogP contribution in [-0.2, 0) is 10.0 Å². The molecule has 104 valence electrons. The maximum Gasteiger partial charge on any atom is 0.238 e. The number of pyridine rings is 1. The third kappa shape index (κ3) is 2.79. The number of fused-ring (bicyclic) bond motifs is 1. The quantitative estimate of drug-likeness (QED) is 0.669. The summed E-state index contributed by atoms with van der Waals surface area (Å²) in [6.45, 7) is 0. The summed E-state index contributed by atoms with van der Waals surface area (Å²) in [5.41, 5.74) is 2.17. The lowest BCUT2D eigenvalue weighted by Crippen LogP contribution is -2.11. The van der Waals surface area contributed by atoms with Gasteiger partial charge in [-0.15, -0.1) is 0 Å². The number of nitrogens with one attached hydrogen (secondary N) is 1. The summed E-state index contributed by atoms with van der Waals surface area (Å²) in [5.74, 6) is 5.97. The van der Waals surface area contributed by atoms with Gasteiger partial charge in [0.05, 0.1) is 4.90 Å². The van der Waals surface area contributed by atoms with E-state index in [1.165, 1.54) is 12.1 Å². The van der Waals surface area contributed by atoms with E-state index >= 15 is 0 Å². The van der Waals surface area contributed by atoms with E-state index in [-0.39, 0.29) is 4.90 Å². The van der Waals surface area contributed by atoms with Gasteiger partial charge in [0.2, 0.25) is 10.0 Å². The minimum atomic E-state index is -3.72. The Kier molecular flexibility index (Phi) is 3.22. The fourth-order valence-corrected chi connectivity index (χ4v) is 2.52. The third-order valence-electron chi connectivity index (χ3n) is 2.96. The highest BCUT2D eigenvalue weighted by molar-refractivity contribution is 7.89. The monoisotopic (exact) mass is 297 g/mol. The van der Waals surface area contributed by atoms with Crippen LogP contribution in [-0.4, -0.2) is 18.4 Å². The standard InChI is InChI=1S/C15H11N3O2S/c16-21(19,20)13-3-1-2-11(10-13)4-5-12-6-8-17-15-14(12)7-9-18-15/h1-3,6-10H,(H,17,18)(H2,16,19,20). The Hall–Kier alpha value is -2.62. The zero-order valence-corrected chi connectivity index (χ0v) is 11.7. The van der Waals surface area contributed by atoms with Gasteiger partial charge in [0.25, 0.3) is 0 Å². The Morgan fingerprint density at radius 3 is 2.81 bits per heavy atom. The molecule has 0 radical (unpaired) electrons. The number of hydrogen-bond acceptors (Lipinski definition) is 3.